The topological polar surface area (TPSA) is 50.1 Å². The molecule has 0 spiro atoms. The Balaban J connectivity index is 2.22. The van der Waals surface area contributed by atoms with E-state index in [0.29, 0.717) is 13.1 Å². The molecule has 2 unspecified atom stereocenters. The summed E-state index contributed by atoms with van der Waals surface area (Å²) in [5, 5.41) is 16.8. The van der Waals surface area contributed by atoms with Gasteiger partial charge in [0.15, 0.2) is 0 Å². The smallest absolute Gasteiger partial charge is 0.0860 e. The van der Waals surface area contributed by atoms with Crippen LogP contribution in [0.1, 0.15) is 6.92 Å². The molecule has 1 heterocycles. The van der Waals surface area contributed by atoms with Crippen LogP contribution in [0, 0.1) is 0 Å². The standard InChI is InChI=1S/C10H17N3O/c1-3-9(2)11-7-10(14)8-13-6-4-5-12-13/h3-6,9-11,14H,1,7-8H2,2H3. The minimum Gasteiger partial charge on any atom is -0.390 e. The quantitative estimate of drug-likeness (QED) is 0.646. The summed E-state index contributed by atoms with van der Waals surface area (Å²) in [6, 6.07) is 2.06. The van der Waals surface area contributed by atoms with Crippen LogP contribution >= 0.6 is 0 Å². The second kappa shape index (κ2) is 5.57. The number of aliphatic hydroxyl groups excluding tert-OH is 1. The van der Waals surface area contributed by atoms with E-state index in [1.807, 2.05) is 19.2 Å². The molecule has 0 aliphatic rings. The monoisotopic (exact) mass is 195 g/mol. The predicted octanol–water partition coefficient (Wildman–Crippen LogP) is 0.408. The van der Waals surface area contributed by atoms with Gasteiger partial charge in [-0.1, -0.05) is 6.08 Å². The SMILES string of the molecule is C=CC(C)NCC(O)Cn1cccn1. The average Bonchev–Trinajstić information content (AvgIpc) is 2.66. The van der Waals surface area contributed by atoms with Crippen molar-refractivity contribution in [2.24, 2.45) is 0 Å². The Morgan fingerprint density at radius 2 is 2.50 bits per heavy atom. The van der Waals surface area contributed by atoms with Gasteiger partial charge in [-0.25, -0.2) is 0 Å². The van der Waals surface area contributed by atoms with Gasteiger partial charge in [0.25, 0.3) is 0 Å². The minimum absolute atomic E-state index is 0.224. The van der Waals surface area contributed by atoms with Crippen LogP contribution in [0.4, 0.5) is 0 Å². The first-order valence-electron chi connectivity index (χ1n) is 4.74. The van der Waals surface area contributed by atoms with Crippen LogP contribution in [0.5, 0.6) is 0 Å². The molecule has 2 atom stereocenters. The minimum atomic E-state index is -0.419. The van der Waals surface area contributed by atoms with Crippen molar-refractivity contribution < 1.29 is 5.11 Å². The Kier molecular flexibility index (Phi) is 4.35. The maximum atomic E-state index is 9.61. The lowest BCUT2D eigenvalue weighted by Crippen LogP contribution is -2.34. The summed E-state index contributed by atoms with van der Waals surface area (Å²) in [5.74, 6) is 0. The summed E-state index contributed by atoms with van der Waals surface area (Å²) in [5.41, 5.74) is 0. The van der Waals surface area contributed by atoms with E-state index in [2.05, 4.69) is 17.0 Å². The van der Waals surface area contributed by atoms with Gasteiger partial charge in [0.2, 0.25) is 0 Å². The summed E-state index contributed by atoms with van der Waals surface area (Å²) in [4.78, 5) is 0. The number of aromatic nitrogens is 2. The van der Waals surface area contributed by atoms with E-state index in [1.165, 1.54) is 0 Å². The molecule has 1 rings (SSSR count). The zero-order valence-corrected chi connectivity index (χ0v) is 8.43. The van der Waals surface area contributed by atoms with Crippen LogP contribution in [0.25, 0.3) is 0 Å². The average molecular weight is 195 g/mol. The van der Waals surface area contributed by atoms with Crippen molar-refractivity contribution in [1.82, 2.24) is 15.1 Å². The van der Waals surface area contributed by atoms with Gasteiger partial charge in [-0.05, 0) is 13.0 Å². The molecular weight excluding hydrogens is 178 g/mol. The Bertz CT molecular complexity index is 258. The van der Waals surface area contributed by atoms with Gasteiger partial charge in [-0.2, -0.15) is 5.10 Å². The van der Waals surface area contributed by atoms with Crippen LogP contribution in [0.15, 0.2) is 31.1 Å². The molecule has 0 radical (unpaired) electrons. The van der Waals surface area contributed by atoms with Crippen LogP contribution < -0.4 is 5.32 Å². The van der Waals surface area contributed by atoms with Gasteiger partial charge < -0.3 is 10.4 Å². The molecule has 0 aliphatic heterocycles. The van der Waals surface area contributed by atoms with E-state index >= 15 is 0 Å². The molecule has 4 nitrogen and oxygen atoms in total. The molecule has 14 heavy (non-hydrogen) atoms. The molecule has 0 aromatic carbocycles. The van der Waals surface area contributed by atoms with Gasteiger partial charge in [-0.3, -0.25) is 4.68 Å². The lowest BCUT2D eigenvalue weighted by atomic mass is 10.3. The molecule has 0 bridgehead atoms. The van der Waals surface area contributed by atoms with Crippen LogP contribution in [0.3, 0.4) is 0 Å². The van der Waals surface area contributed by atoms with Crippen LogP contribution in [-0.2, 0) is 6.54 Å². The summed E-state index contributed by atoms with van der Waals surface area (Å²) in [6.07, 6.45) is 4.92. The molecular formula is C10H17N3O. The fourth-order valence-corrected chi connectivity index (χ4v) is 1.09. The number of aliphatic hydroxyl groups is 1. The molecule has 0 fully saturated rings. The lowest BCUT2D eigenvalue weighted by molar-refractivity contribution is 0.145. The van der Waals surface area contributed by atoms with Crippen molar-refractivity contribution >= 4 is 0 Å². The number of hydrogen-bond donors (Lipinski definition) is 2. The summed E-state index contributed by atoms with van der Waals surface area (Å²) in [7, 11) is 0. The Labute approximate surface area is 84.2 Å². The zero-order valence-electron chi connectivity index (χ0n) is 8.43. The maximum Gasteiger partial charge on any atom is 0.0860 e. The normalized spacial score (nSPS) is 15.0. The molecule has 1 aromatic rings. The molecule has 1 aromatic heterocycles. The number of hydrogen-bond acceptors (Lipinski definition) is 3. The molecule has 0 amide bonds. The Morgan fingerprint density at radius 3 is 3.07 bits per heavy atom. The van der Waals surface area contributed by atoms with Gasteiger partial charge in [0.1, 0.15) is 0 Å². The molecule has 4 heteroatoms. The molecule has 0 saturated carbocycles. The fraction of sp³-hybridized carbons (Fsp3) is 0.500. The Hall–Kier alpha value is -1.13. The van der Waals surface area contributed by atoms with Crippen molar-refractivity contribution in [2.45, 2.75) is 25.6 Å². The number of nitrogens with one attached hydrogen (secondary N) is 1. The van der Waals surface area contributed by atoms with Crippen molar-refractivity contribution in [1.29, 1.82) is 0 Å². The van der Waals surface area contributed by atoms with E-state index in [-0.39, 0.29) is 6.04 Å². The van der Waals surface area contributed by atoms with Crippen LogP contribution in [0.2, 0.25) is 0 Å². The van der Waals surface area contributed by atoms with Crippen molar-refractivity contribution in [3.05, 3.63) is 31.1 Å². The van der Waals surface area contributed by atoms with Crippen LogP contribution in [-0.4, -0.2) is 33.6 Å². The summed E-state index contributed by atoms with van der Waals surface area (Å²) < 4.78 is 1.71. The zero-order chi connectivity index (χ0) is 10.4. The summed E-state index contributed by atoms with van der Waals surface area (Å²) >= 11 is 0. The van der Waals surface area contributed by atoms with Crippen molar-refractivity contribution in [2.75, 3.05) is 6.54 Å². The molecule has 0 aliphatic carbocycles. The largest absolute Gasteiger partial charge is 0.390 e. The lowest BCUT2D eigenvalue weighted by Gasteiger charge is -2.14. The van der Waals surface area contributed by atoms with Gasteiger partial charge >= 0.3 is 0 Å². The number of rotatable bonds is 6. The van der Waals surface area contributed by atoms with E-state index in [4.69, 9.17) is 0 Å². The highest BCUT2D eigenvalue weighted by Crippen LogP contribution is 1.91. The second-order valence-electron chi connectivity index (χ2n) is 3.31. The fourth-order valence-electron chi connectivity index (χ4n) is 1.09. The van der Waals surface area contributed by atoms with Gasteiger partial charge in [0.05, 0.1) is 12.6 Å². The third-order valence-electron chi connectivity index (χ3n) is 1.99. The third-order valence-corrected chi connectivity index (χ3v) is 1.99. The highest BCUT2D eigenvalue weighted by molar-refractivity contribution is 4.82. The maximum absolute atomic E-state index is 9.61. The highest BCUT2D eigenvalue weighted by atomic mass is 16.3. The molecule has 0 saturated heterocycles. The van der Waals surface area contributed by atoms with Gasteiger partial charge in [0, 0.05) is 25.0 Å². The third kappa shape index (κ3) is 3.72. The second-order valence-corrected chi connectivity index (χ2v) is 3.31. The van der Waals surface area contributed by atoms with E-state index in [9.17, 15) is 5.11 Å². The van der Waals surface area contributed by atoms with E-state index in [0.717, 1.165) is 0 Å². The van der Waals surface area contributed by atoms with E-state index < -0.39 is 6.10 Å². The molecule has 78 valence electrons. The van der Waals surface area contributed by atoms with Crippen molar-refractivity contribution in [3.63, 3.8) is 0 Å². The van der Waals surface area contributed by atoms with Gasteiger partial charge in [-0.15, -0.1) is 6.58 Å². The first-order valence-corrected chi connectivity index (χ1v) is 4.74. The first-order chi connectivity index (χ1) is 6.72. The number of nitrogens with zero attached hydrogens (tertiary/aromatic N) is 2. The first kappa shape index (κ1) is 10.9. The molecule has 2 N–H and O–H groups in total. The summed E-state index contributed by atoms with van der Waals surface area (Å²) in [6.45, 7) is 6.71. The van der Waals surface area contributed by atoms with E-state index in [1.54, 1.807) is 17.0 Å². The Morgan fingerprint density at radius 1 is 1.71 bits per heavy atom. The predicted molar refractivity (Wildman–Crippen MR) is 55.9 cm³/mol. The van der Waals surface area contributed by atoms with Crippen molar-refractivity contribution in [3.8, 4) is 0 Å². The highest BCUT2D eigenvalue weighted by Gasteiger charge is 2.05.